The van der Waals surface area contributed by atoms with Gasteiger partial charge in [0.15, 0.2) is 0 Å². The summed E-state index contributed by atoms with van der Waals surface area (Å²) in [6.07, 6.45) is 6.09. The topological polar surface area (TPSA) is 54.5 Å². The Morgan fingerprint density at radius 1 is 1.24 bits per heavy atom. The van der Waals surface area contributed by atoms with Gasteiger partial charge in [-0.3, -0.25) is 0 Å². The molecule has 0 saturated carbocycles. The highest BCUT2D eigenvalue weighted by molar-refractivity contribution is 5.81. The molecule has 0 amide bonds. The Morgan fingerprint density at radius 2 is 2.18 bits per heavy atom. The summed E-state index contributed by atoms with van der Waals surface area (Å²) in [5, 5.41) is 0. The highest BCUT2D eigenvalue weighted by Gasteiger charge is 2.06. The van der Waals surface area contributed by atoms with Crippen LogP contribution in [0.3, 0.4) is 0 Å². The zero-order valence-corrected chi connectivity index (χ0v) is 9.51. The molecule has 0 bridgehead atoms. The Morgan fingerprint density at radius 3 is 3.06 bits per heavy atom. The number of fused-ring (bicyclic) bond motifs is 1. The van der Waals surface area contributed by atoms with Gasteiger partial charge in [0.05, 0.1) is 23.1 Å². The smallest absolute Gasteiger partial charge is 0.116 e. The Labute approximate surface area is 98.8 Å². The lowest BCUT2D eigenvalue weighted by molar-refractivity contribution is 1.05. The second-order valence-corrected chi connectivity index (χ2v) is 3.88. The van der Waals surface area contributed by atoms with Gasteiger partial charge in [0.25, 0.3) is 0 Å². The quantitative estimate of drug-likeness (QED) is 0.727. The van der Waals surface area contributed by atoms with Crippen molar-refractivity contribution in [1.29, 1.82) is 0 Å². The summed E-state index contributed by atoms with van der Waals surface area (Å²) >= 11 is 0. The van der Waals surface area contributed by atoms with Crippen LogP contribution in [0.4, 0.5) is 0 Å². The Bertz CT molecular complexity index is 657. The van der Waals surface area contributed by atoms with Gasteiger partial charge >= 0.3 is 0 Å². The zero-order valence-electron chi connectivity index (χ0n) is 9.51. The molecule has 0 saturated heterocycles. The van der Waals surface area contributed by atoms with E-state index in [2.05, 4.69) is 32.9 Å². The average molecular weight is 224 g/mol. The zero-order chi connectivity index (χ0) is 11.7. The Kier molecular flexibility index (Phi) is 2.33. The number of hydrogen-bond acceptors (Lipinski definition) is 3. The molecule has 0 aliphatic rings. The average Bonchev–Trinajstić information content (AvgIpc) is 2.85. The summed E-state index contributed by atoms with van der Waals surface area (Å²) in [4.78, 5) is 15.7. The second kappa shape index (κ2) is 3.97. The molecule has 2 aromatic heterocycles. The van der Waals surface area contributed by atoms with E-state index >= 15 is 0 Å². The Hall–Kier alpha value is -2.23. The number of aromatic amines is 1. The molecule has 0 spiro atoms. The minimum absolute atomic E-state index is 0.928. The molecule has 3 aromatic rings. The molecule has 0 unspecified atom stereocenters. The van der Waals surface area contributed by atoms with Crippen LogP contribution in [0.2, 0.25) is 0 Å². The summed E-state index contributed by atoms with van der Waals surface area (Å²) in [5.74, 6) is 0. The predicted molar refractivity (Wildman–Crippen MR) is 66.5 cm³/mol. The van der Waals surface area contributed by atoms with Crippen LogP contribution in [0.15, 0.2) is 37.1 Å². The van der Waals surface area contributed by atoms with E-state index in [9.17, 15) is 0 Å². The van der Waals surface area contributed by atoms with Gasteiger partial charge in [-0.25, -0.2) is 15.0 Å². The molecule has 0 radical (unpaired) electrons. The van der Waals surface area contributed by atoms with Crippen molar-refractivity contribution in [2.45, 2.75) is 13.3 Å². The fourth-order valence-corrected chi connectivity index (χ4v) is 1.96. The summed E-state index contributed by atoms with van der Waals surface area (Å²) in [5.41, 5.74) is 5.26. The predicted octanol–water partition coefficient (Wildman–Crippen LogP) is 2.58. The Balaban J connectivity index is 2.19. The fraction of sp³-hybridized carbons (Fsp3) is 0.154. The first-order valence-corrected chi connectivity index (χ1v) is 5.61. The first-order valence-electron chi connectivity index (χ1n) is 5.61. The van der Waals surface area contributed by atoms with Crippen molar-refractivity contribution >= 4 is 11.0 Å². The van der Waals surface area contributed by atoms with Gasteiger partial charge in [0, 0.05) is 11.8 Å². The first kappa shape index (κ1) is 9.96. The van der Waals surface area contributed by atoms with E-state index in [-0.39, 0.29) is 0 Å². The number of hydrogen-bond donors (Lipinski definition) is 1. The van der Waals surface area contributed by atoms with Crippen LogP contribution >= 0.6 is 0 Å². The fourth-order valence-electron chi connectivity index (χ4n) is 1.96. The van der Waals surface area contributed by atoms with E-state index in [4.69, 9.17) is 0 Å². The second-order valence-electron chi connectivity index (χ2n) is 3.88. The van der Waals surface area contributed by atoms with E-state index in [1.165, 1.54) is 0 Å². The van der Waals surface area contributed by atoms with E-state index < -0.39 is 0 Å². The third kappa shape index (κ3) is 1.67. The highest BCUT2D eigenvalue weighted by Crippen LogP contribution is 2.23. The molecule has 0 aliphatic heterocycles. The number of aromatic nitrogens is 4. The lowest BCUT2D eigenvalue weighted by Crippen LogP contribution is -1.92. The van der Waals surface area contributed by atoms with Gasteiger partial charge in [-0.2, -0.15) is 0 Å². The molecule has 0 aliphatic carbocycles. The maximum absolute atomic E-state index is 4.37. The number of imidazole rings is 1. The van der Waals surface area contributed by atoms with Crippen molar-refractivity contribution < 1.29 is 0 Å². The molecule has 0 atom stereocenters. The molecular formula is C13H12N4. The SMILES string of the molecule is CCc1cncnc1-c1ccc2nc[nH]c2c1. The van der Waals surface area contributed by atoms with E-state index in [0.717, 1.165) is 34.3 Å². The van der Waals surface area contributed by atoms with Crippen LogP contribution in [0.5, 0.6) is 0 Å². The maximum atomic E-state index is 4.37. The van der Waals surface area contributed by atoms with Crippen molar-refractivity contribution in [3.63, 3.8) is 0 Å². The minimum atomic E-state index is 0.928. The third-order valence-corrected chi connectivity index (χ3v) is 2.86. The third-order valence-electron chi connectivity index (χ3n) is 2.86. The molecule has 84 valence electrons. The summed E-state index contributed by atoms with van der Waals surface area (Å²) in [7, 11) is 0. The van der Waals surface area contributed by atoms with Gasteiger partial charge in [-0.05, 0) is 24.1 Å². The normalized spacial score (nSPS) is 10.9. The molecule has 2 heterocycles. The first-order chi connectivity index (χ1) is 8.38. The number of nitrogens with one attached hydrogen (secondary N) is 1. The molecule has 17 heavy (non-hydrogen) atoms. The molecule has 3 rings (SSSR count). The molecule has 0 fully saturated rings. The van der Waals surface area contributed by atoms with Crippen LogP contribution in [-0.4, -0.2) is 19.9 Å². The monoisotopic (exact) mass is 224 g/mol. The van der Waals surface area contributed by atoms with Crippen molar-refractivity contribution in [1.82, 2.24) is 19.9 Å². The van der Waals surface area contributed by atoms with Gasteiger partial charge in [-0.1, -0.05) is 13.0 Å². The highest BCUT2D eigenvalue weighted by atomic mass is 14.9. The molecule has 1 N–H and O–H groups in total. The number of rotatable bonds is 2. The van der Waals surface area contributed by atoms with E-state index in [1.807, 2.05) is 18.3 Å². The van der Waals surface area contributed by atoms with Gasteiger partial charge < -0.3 is 4.98 Å². The van der Waals surface area contributed by atoms with Crippen LogP contribution in [-0.2, 0) is 6.42 Å². The standard InChI is InChI=1S/C13H12N4/c1-2-9-6-14-7-17-13(9)10-3-4-11-12(5-10)16-8-15-11/h3-8H,2H2,1H3,(H,15,16). The minimum Gasteiger partial charge on any atom is -0.345 e. The number of nitrogens with zero attached hydrogens (tertiary/aromatic N) is 3. The molecule has 1 aromatic carbocycles. The van der Waals surface area contributed by atoms with Crippen LogP contribution in [0, 0.1) is 0 Å². The van der Waals surface area contributed by atoms with E-state index in [1.54, 1.807) is 12.7 Å². The van der Waals surface area contributed by atoms with Crippen LogP contribution < -0.4 is 0 Å². The maximum Gasteiger partial charge on any atom is 0.116 e. The summed E-state index contributed by atoms with van der Waals surface area (Å²) < 4.78 is 0. The van der Waals surface area contributed by atoms with Crippen molar-refractivity contribution in [2.24, 2.45) is 0 Å². The van der Waals surface area contributed by atoms with Gasteiger partial charge in [-0.15, -0.1) is 0 Å². The van der Waals surface area contributed by atoms with Crippen molar-refractivity contribution in [2.75, 3.05) is 0 Å². The largest absolute Gasteiger partial charge is 0.345 e. The lowest BCUT2D eigenvalue weighted by atomic mass is 10.1. The van der Waals surface area contributed by atoms with Crippen molar-refractivity contribution in [3.8, 4) is 11.3 Å². The molecule has 4 nitrogen and oxygen atoms in total. The van der Waals surface area contributed by atoms with Gasteiger partial charge in [0.1, 0.15) is 6.33 Å². The van der Waals surface area contributed by atoms with Crippen LogP contribution in [0.25, 0.3) is 22.3 Å². The van der Waals surface area contributed by atoms with Gasteiger partial charge in [0.2, 0.25) is 0 Å². The number of aryl methyl sites for hydroxylation is 1. The van der Waals surface area contributed by atoms with E-state index in [0.29, 0.717) is 0 Å². The number of benzene rings is 1. The van der Waals surface area contributed by atoms with Crippen LogP contribution in [0.1, 0.15) is 12.5 Å². The molecular weight excluding hydrogens is 212 g/mol. The summed E-state index contributed by atoms with van der Waals surface area (Å²) in [6, 6.07) is 6.12. The van der Waals surface area contributed by atoms with Crippen molar-refractivity contribution in [3.05, 3.63) is 42.6 Å². The molecule has 4 heteroatoms. The summed E-state index contributed by atoms with van der Waals surface area (Å²) in [6.45, 7) is 2.11. The number of H-pyrrole nitrogens is 1. The lowest BCUT2D eigenvalue weighted by Gasteiger charge is -2.05.